The SMILES string of the molecule is CC(C)N(C(=O)COc1cccc2c1cnn2-c1ccccc1)C(C)C. The molecule has 0 fully saturated rings. The lowest BCUT2D eigenvalue weighted by atomic mass is 10.2. The van der Waals surface area contributed by atoms with Crippen molar-refractivity contribution in [3.63, 3.8) is 0 Å². The van der Waals surface area contributed by atoms with Gasteiger partial charge in [0.05, 0.1) is 22.8 Å². The van der Waals surface area contributed by atoms with Crippen molar-refractivity contribution in [2.45, 2.75) is 39.8 Å². The molecule has 0 spiro atoms. The molecule has 0 radical (unpaired) electrons. The normalized spacial score (nSPS) is 11.3. The second-order valence-electron chi connectivity index (χ2n) is 6.86. The Morgan fingerprint density at radius 1 is 1.04 bits per heavy atom. The monoisotopic (exact) mass is 351 g/mol. The highest BCUT2D eigenvalue weighted by Crippen LogP contribution is 2.27. The van der Waals surface area contributed by atoms with Gasteiger partial charge in [-0.1, -0.05) is 24.3 Å². The van der Waals surface area contributed by atoms with Crippen molar-refractivity contribution in [3.05, 3.63) is 54.7 Å². The zero-order valence-corrected chi connectivity index (χ0v) is 15.7. The number of carbonyl (C=O) groups is 1. The molecule has 0 aliphatic heterocycles. The van der Waals surface area contributed by atoms with E-state index in [0.29, 0.717) is 5.75 Å². The van der Waals surface area contributed by atoms with Crippen molar-refractivity contribution in [1.82, 2.24) is 14.7 Å². The van der Waals surface area contributed by atoms with E-state index in [0.717, 1.165) is 16.6 Å². The minimum atomic E-state index is -0.0116. The second-order valence-corrected chi connectivity index (χ2v) is 6.86. The predicted octanol–water partition coefficient (Wildman–Crippen LogP) is 4.05. The van der Waals surface area contributed by atoms with E-state index in [-0.39, 0.29) is 24.6 Å². The second kappa shape index (κ2) is 7.60. The molecule has 136 valence electrons. The van der Waals surface area contributed by atoms with Gasteiger partial charge in [-0.3, -0.25) is 4.79 Å². The topological polar surface area (TPSA) is 47.4 Å². The molecule has 1 amide bonds. The summed E-state index contributed by atoms with van der Waals surface area (Å²) in [5.74, 6) is 0.660. The number of hydrogen-bond donors (Lipinski definition) is 0. The summed E-state index contributed by atoms with van der Waals surface area (Å²) < 4.78 is 7.74. The third-order valence-electron chi connectivity index (χ3n) is 4.33. The summed E-state index contributed by atoms with van der Waals surface area (Å²) in [7, 11) is 0. The van der Waals surface area contributed by atoms with E-state index in [2.05, 4.69) is 5.10 Å². The molecule has 5 nitrogen and oxygen atoms in total. The number of amides is 1. The maximum Gasteiger partial charge on any atom is 0.260 e. The number of ether oxygens (including phenoxy) is 1. The zero-order chi connectivity index (χ0) is 18.7. The number of benzene rings is 2. The lowest BCUT2D eigenvalue weighted by Gasteiger charge is -2.30. The molecule has 0 aliphatic carbocycles. The van der Waals surface area contributed by atoms with Gasteiger partial charge in [-0.05, 0) is 52.0 Å². The van der Waals surface area contributed by atoms with Crippen LogP contribution in [0.5, 0.6) is 5.75 Å². The Morgan fingerprint density at radius 2 is 1.73 bits per heavy atom. The summed E-state index contributed by atoms with van der Waals surface area (Å²) in [6, 6.07) is 16.0. The Balaban J connectivity index is 1.84. The summed E-state index contributed by atoms with van der Waals surface area (Å²) >= 11 is 0. The zero-order valence-electron chi connectivity index (χ0n) is 15.7. The van der Waals surface area contributed by atoms with Crippen LogP contribution in [0.25, 0.3) is 16.6 Å². The van der Waals surface area contributed by atoms with Crippen molar-refractivity contribution < 1.29 is 9.53 Å². The smallest absolute Gasteiger partial charge is 0.260 e. The maximum atomic E-state index is 12.5. The van der Waals surface area contributed by atoms with Crippen LogP contribution in [0.15, 0.2) is 54.7 Å². The molecule has 0 aliphatic rings. The van der Waals surface area contributed by atoms with Crippen LogP contribution in [0.2, 0.25) is 0 Å². The van der Waals surface area contributed by atoms with E-state index < -0.39 is 0 Å². The standard InChI is InChI=1S/C21H25N3O2/c1-15(2)23(16(3)4)21(25)14-26-20-12-8-11-19-18(20)13-22-24(19)17-9-6-5-7-10-17/h5-13,15-16H,14H2,1-4H3. The number of nitrogens with zero attached hydrogens (tertiary/aromatic N) is 3. The Morgan fingerprint density at radius 3 is 2.38 bits per heavy atom. The van der Waals surface area contributed by atoms with Gasteiger partial charge in [0.1, 0.15) is 5.75 Å². The predicted molar refractivity (Wildman–Crippen MR) is 104 cm³/mol. The van der Waals surface area contributed by atoms with Crippen molar-refractivity contribution in [3.8, 4) is 11.4 Å². The van der Waals surface area contributed by atoms with Crippen LogP contribution in [0.3, 0.4) is 0 Å². The highest BCUT2D eigenvalue weighted by molar-refractivity contribution is 5.87. The molecular formula is C21H25N3O2. The van der Waals surface area contributed by atoms with Gasteiger partial charge < -0.3 is 9.64 Å². The summed E-state index contributed by atoms with van der Waals surface area (Å²) in [5.41, 5.74) is 1.94. The molecule has 0 bridgehead atoms. The first-order chi connectivity index (χ1) is 12.5. The van der Waals surface area contributed by atoms with E-state index >= 15 is 0 Å². The lowest BCUT2D eigenvalue weighted by molar-refractivity contribution is -0.136. The molecule has 0 saturated carbocycles. The third-order valence-corrected chi connectivity index (χ3v) is 4.33. The minimum absolute atomic E-state index is 0.0116. The van der Waals surface area contributed by atoms with Gasteiger partial charge in [0, 0.05) is 12.1 Å². The van der Waals surface area contributed by atoms with Crippen molar-refractivity contribution in [1.29, 1.82) is 0 Å². The third kappa shape index (κ3) is 3.57. The van der Waals surface area contributed by atoms with Crippen LogP contribution < -0.4 is 4.74 Å². The molecule has 0 saturated heterocycles. The van der Waals surface area contributed by atoms with Crippen LogP contribution in [-0.4, -0.2) is 39.3 Å². The van der Waals surface area contributed by atoms with Gasteiger partial charge in [-0.15, -0.1) is 0 Å². The number of fused-ring (bicyclic) bond motifs is 1. The maximum absolute atomic E-state index is 12.5. The molecule has 0 atom stereocenters. The van der Waals surface area contributed by atoms with Crippen molar-refractivity contribution in [2.75, 3.05) is 6.61 Å². The van der Waals surface area contributed by atoms with E-state index in [1.54, 1.807) is 6.20 Å². The minimum Gasteiger partial charge on any atom is -0.483 e. The van der Waals surface area contributed by atoms with Crippen LogP contribution in [-0.2, 0) is 4.79 Å². The summed E-state index contributed by atoms with van der Waals surface area (Å²) in [6.07, 6.45) is 1.78. The van der Waals surface area contributed by atoms with Crippen LogP contribution in [0, 0.1) is 0 Å². The fourth-order valence-corrected chi connectivity index (χ4v) is 3.31. The first kappa shape index (κ1) is 18.0. The fraction of sp³-hybridized carbons (Fsp3) is 0.333. The van der Waals surface area contributed by atoms with Crippen molar-refractivity contribution in [2.24, 2.45) is 0 Å². The van der Waals surface area contributed by atoms with E-state index in [1.807, 2.05) is 85.8 Å². The van der Waals surface area contributed by atoms with Crippen molar-refractivity contribution >= 4 is 16.8 Å². The Kier molecular flexibility index (Phi) is 5.26. The lowest BCUT2D eigenvalue weighted by Crippen LogP contribution is -2.44. The average Bonchev–Trinajstić information content (AvgIpc) is 3.04. The number of carbonyl (C=O) groups excluding carboxylic acids is 1. The molecule has 1 heterocycles. The van der Waals surface area contributed by atoms with Gasteiger partial charge in [0.15, 0.2) is 6.61 Å². The molecule has 3 aromatic rings. The Hall–Kier alpha value is -2.82. The van der Waals surface area contributed by atoms with Gasteiger partial charge in [-0.25, -0.2) is 4.68 Å². The van der Waals surface area contributed by atoms with Gasteiger partial charge in [-0.2, -0.15) is 5.10 Å². The Bertz CT molecular complexity index is 877. The largest absolute Gasteiger partial charge is 0.483 e. The van der Waals surface area contributed by atoms with Crippen LogP contribution in [0.1, 0.15) is 27.7 Å². The summed E-state index contributed by atoms with van der Waals surface area (Å²) in [5, 5.41) is 5.38. The van der Waals surface area contributed by atoms with Gasteiger partial charge >= 0.3 is 0 Å². The number of para-hydroxylation sites is 1. The molecule has 26 heavy (non-hydrogen) atoms. The first-order valence-corrected chi connectivity index (χ1v) is 8.95. The molecule has 1 aromatic heterocycles. The highest BCUT2D eigenvalue weighted by atomic mass is 16.5. The molecule has 0 N–H and O–H groups in total. The molecule has 5 heteroatoms. The number of rotatable bonds is 6. The van der Waals surface area contributed by atoms with Crippen LogP contribution in [0.4, 0.5) is 0 Å². The highest BCUT2D eigenvalue weighted by Gasteiger charge is 2.21. The number of hydrogen-bond acceptors (Lipinski definition) is 3. The molecule has 3 rings (SSSR count). The number of aromatic nitrogens is 2. The van der Waals surface area contributed by atoms with E-state index in [9.17, 15) is 4.79 Å². The average molecular weight is 351 g/mol. The Labute approximate surface area is 154 Å². The summed E-state index contributed by atoms with van der Waals surface area (Å²) in [4.78, 5) is 14.4. The quantitative estimate of drug-likeness (QED) is 0.673. The van der Waals surface area contributed by atoms with Gasteiger partial charge in [0.25, 0.3) is 5.91 Å². The molecule has 2 aromatic carbocycles. The summed E-state index contributed by atoms with van der Waals surface area (Å²) in [6.45, 7) is 8.09. The molecular weight excluding hydrogens is 326 g/mol. The first-order valence-electron chi connectivity index (χ1n) is 8.95. The van der Waals surface area contributed by atoms with Gasteiger partial charge in [0.2, 0.25) is 0 Å². The van der Waals surface area contributed by atoms with E-state index in [1.165, 1.54) is 0 Å². The van der Waals surface area contributed by atoms with E-state index in [4.69, 9.17) is 4.74 Å². The molecule has 0 unspecified atom stereocenters. The van der Waals surface area contributed by atoms with Crippen LogP contribution >= 0.6 is 0 Å². The fourth-order valence-electron chi connectivity index (χ4n) is 3.31.